The summed E-state index contributed by atoms with van der Waals surface area (Å²) in [4.78, 5) is 58.9. The number of ketones is 4. The fourth-order valence-electron chi connectivity index (χ4n) is 4.78. The highest BCUT2D eigenvalue weighted by Crippen LogP contribution is 2.38. The molecule has 0 aliphatic carbocycles. The van der Waals surface area contributed by atoms with E-state index in [4.69, 9.17) is 11.5 Å². The monoisotopic (exact) mass is 714 g/mol. The van der Waals surface area contributed by atoms with Crippen LogP contribution in [0.3, 0.4) is 0 Å². The van der Waals surface area contributed by atoms with Crippen molar-refractivity contribution in [2.24, 2.45) is 11.5 Å². The minimum atomic E-state index is -4.77. The summed E-state index contributed by atoms with van der Waals surface area (Å²) in [5.74, 6) is -1.73. The zero-order valence-corrected chi connectivity index (χ0v) is 27.5. The Kier molecular flexibility index (Phi) is 13.5. The van der Waals surface area contributed by atoms with Gasteiger partial charge in [0.2, 0.25) is 0 Å². The second-order valence-electron chi connectivity index (χ2n) is 10.8. The van der Waals surface area contributed by atoms with Gasteiger partial charge in [0.1, 0.15) is 29.3 Å². The molecule has 0 atom stereocenters. The van der Waals surface area contributed by atoms with Gasteiger partial charge in [-0.1, -0.05) is 0 Å². The van der Waals surface area contributed by atoms with Crippen molar-refractivity contribution in [3.05, 3.63) is 81.4 Å². The molecule has 8 nitrogen and oxygen atoms in total. The maximum absolute atomic E-state index is 13.8. The van der Waals surface area contributed by atoms with E-state index in [1.807, 2.05) is 0 Å². The van der Waals surface area contributed by atoms with E-state index in [2.05, 4.69) is 9.97 Å². The number of alkyl halides is 6. The van der Waals surface area contributed by atoms with Gasteiger partial charge in [-0.25, -0.2) is 9.97 Å². The lowest BCUT2D eigenvalue weighted by molar-refractivity contribution is -0.138. The van der Waals surface area contributed by atoms with Crippen molar-refractivity contribution >= 4 is 46.7 Å². The Morgan fingerprint density at radius 2 is 0.938 bits per heavy atom. The smallest absolute Gasteiger partial charge is 0.330 e. The zero-order chi connectivity index (χ0) is 35.8. The molecule has 3 aromatic rings. The molecular weight excluding hydrogens is 682 g/mol. The van der Waals surface area contributed by atoms with E-state index in [0.29, 0.717) is 21.3 Å². The summed E-state index contributed by atoms with van der Waals surface area (Å²) in [7, 11) is 0. The van der Waals surface area contributed by atoms with Crippen LogP contribution in [0.2, 0.25) is 0 Å². The molecule has 1 heterocycles. The van der Waals surface area contributed by atoms with Crippen LogP contribution in [0, 0.1) is 0 Å². The minimum absolute atomic E-state index is 0.0143. The Morgan fingerprint density at radius 1 is 0.604 bits per heavy atom. The molecule has 0 radical (unpaired) electrons. The number of Topliss-reactive ketones (excluding diaryl/α,β-unsaturated/α-hetero) is 4. The first-order chi connectivity index (χ1) is 22.4. The zero-order valence-electron chi connectivity index (χ0n) is 25.9. The van der Waals surface area contributed by atoms with Crippen molar-refractivity contribution in [2.45, 2.75) is 61.7 Å². The van der Waals surface area contributed by atoms with Gasteiger partial charge in [0.25, 0.3) is 0 Å². The highest BCUT2D eigenvalue weighted by atomic mass is 32.2. The number of nitrogens with zero attached hydrogens (tertiary/aromatic N) is 2. The van der Waals surface area contributed by atoms with E-state index in [0.717, 1.165) is 60.2 Å². The molecular formula is C32H32F6N4O4S2. The summed E-state index contributed by atoms with van der Waals surface area (Å²) in [6, 6.07) is 4.40. The van der Waals surface area contributed by atoms with E-state index in [1.165, 1.54) is 13.8 Å². The number of aromatic nitrogens is 2. The minimum Gasteiger partial charge on any atom is -0.330 e. The largest absolute Gasteiger partial charge is 0.416 e. The normalized spacial score (nSPS) is 11.9. The molecule has 0 saturated heterocycles. The summed E-state index contributed by atoms with van der Waals surface area (Å²) in [6.07, 6.45) is -10.4. The van der Waals surface area contributed by atoms with Crippen LogP contribution in [0.25, 0.3) is 0 Å². The summed E-state index contributed by atoms with van der Waals surface area (Å²) >= 11 is 2.20. The van der Waals surface area contributed by atoms with E-state index < -0.39 is 47.9 Å². The molecule has 0 aliphatic rings. The third-order valence-corrected chi connectivity index (χ3v) is 9.19. The number of carbonyl (C=O) groups excluding carboxylic acids is 4. The number of hydrogen-bond acceptors (Lipinski definition) is 10. The Morgan fingerprint density at radius 3 is 1.23 bits per heavy atom. The van der Waals surface area contributed by atoms with Gasteiger partial charge in [0.15, 0.2) is 11.6 Å². The van der Waals surface area contributed by atoms with Crippen LogP contribution in [-0.2, 0) is 47.6 Å². The van der Waals surface area contributed by atoms with Crippen LogP contribution in [0.15, 0.2) is 46.5 Å². The summed E-state index contributed by atoms with van der Waals surface area (Å²) < 4.78 is 82.7. The molecule has 0 unspecified atom stereocenters. The molecule has 16 heteroatoms. The average Bonchev–Trinajstić information content (AvgIpc) is 2.98. The van der Waals surface area contributed by atoms with Gasteiger partial charge >= 0.3 is 12.4 Å². The maximum atomic E-state index is 13.8. The lowest BCUT2D eigenvalue weighted by Gasteiger charge is -2.18. The topological polar surface area (TPSA) is 146 Å². The van der Waals surface area contributed by atoms with Gasteiger partial charge in [-0.15, -0.1) is 23.5 Å². The van der Waals surface area contributed by atoms with Crippen LogP contribution in [0.5, 0.6) is 0 Å². The Labute approximate surface area is 280 Å². The number of hydrogen-bond donors (Lipinski definition) is 2. The third-order valence-electron chi connectivity index (χ3n) is 6.69. The van der Waals surface area contributed by atoms with Crippen molar-refractivity contribution in [1.82, 2.24) is 9.97 Å². The Hall–Kier alpha value is -3.60. The number of nitrogens with two attached hydrogens (primary N) is 2. The molecule has 0 saturated carbocycles. The molecule has 4 N–H and O–H groups in total. The van der Waals surface area contributed by atoms with Crippen LogP contribution >= 0.6 is 23.5 Å². The van der Waals surface area contributed by atoms with Crippen molar-refractivity contribution < 1.29 is 45.5 Å². The number of halogens is 6. The lowest BCUT2D eigenvalue weighted by atomic mass is 9.96. The average molecular weight is 715 g/mol. The number of thioether (sulfide) groups is 2. The maximum Gasteiger partial charge on any atom is 0.416 e. The summed E-state index contributed by atoms with van der Waals surface area (Å²) in [5, 5.41) is 0. The predicted molar refractivity (Wildman–Crippen MR) is 169 cm³/mol. The SMILES string of the molecule is CC(=O)Cc1cc(C(F)(F)F)cc(CC(=O)c2cc(C(=O)Cc3cc(C(F)(F)F)cc(CC(C)=O)c3SCCN)ncn2)c1SCCN. The van der Waals surface area contributed by atoms with Gasteiger partial charge in [0.05, 0.1) is 11.1 Å². The van der Waals surface area contributed by atoms with Crippen molar-refractivity contribution in [3.8, 4) is 0 Å². The van der Waals surface area contributed by atoms with E-state index in [1.54, 1.807) is 0 Å². The van der Waals surface area contributed by atoms with Gasteiger partial charge in [0, 0.05) is 60.1 Å². The standard InChI is InChI=1S/C32H32F6N4O4S2/c1-17(43)7-19-9-23(31(33,34)35)11-21(29(19)47-5-3-39)13-27(45)25-15-26(42-16-41-25)28(46)14-22-12-24(32(36,37)38)10-20(8-18(2)44)30(22)48-6-4-40/h9-12,15-16H,3-8,13-14,39-40H2,1-2H3. The van der Waals surface area contributed by atoms with Crippen molar-refractivity contribution in [3.63, 3.8) is 0 Å². The van der Waals surface area contributed by atoms with E-state index in [-0.39, 0.29) is 71.1 Å². The fourth-order valence-corrected chi connectivity index (χ4v) is 6.69. The van der Waals surface area contributed by atoms with Gasteiger partial charge in [-0.2, -0.15) is 26.3 Å². The second kappa shape index (κ2) is 16.7. The van der Waals surface area contributed by atoms with E-state index in [9.17, 15) is 45.5 Å². The highest BCUT2D eigenvalue weighted by Gasteiger charge is 2.34. The first-order valence-corrected chi connectivity index (χ1v) is 16.4. The predicted octanol–water partition coefficient (Wildman–Crippen LogP) is 5.73. The molecule has 1 aromatic heterocycles. The van der Waals surface area contributed by atoms with Crippen LogP contribution in [-0.4, -0.2) is 57.7 Å². The molecule has 0 fully saturated rings. The highest BCUT2D eigenvalue weighted by molar-refractivity contribution is 7.99. The number of rotatable bonds is 16. The third kappa shape index (κ3) is 10.7. The summed E-state index contributed by atoms with van der Waals surface area (Å²) in [5.41, 5.74) is 8.62. The Bertz CT molecular complexity index is 1580. The quantitative estimate of drug-likeness (QED) is 0.107. The Balaban J connectivity index is 2.02. The molecule has 258 valence electrons. The molecule has 0 spiro atoms. The van der Waals surface area contributed by atoms with E-state index >= 15 is 0 Å². The van der Waals surface area contributed by atoms with Gasteiger partial charge < -0.3 is 11.5 Å². The van der Waals surface area contributed by atoms with Crippen molar-refractivity contribution in [2.75, 3.05) is 24.6 Å². The van der Waals surface area contributed by atoms with Gasteiger partial charge in [-0.05, 0) is 66.4 Å². The molecule has 3 rings (SSSR count). The number of carbonyl (C=O) groups is 4. The molecule has 0 aliphatic heterocycles. The molecule has 2 aromatic carbocycles. The van der Waals surface area contributed by atoms with Crippen LogP contribution in [0.1, 0.15) is 68.2 Å². The lowest BCUT2D eigenvalue weighted by Crippen LogP contribution is -2.16. The van der Waals surface area contributed by atoms with Crippen molar-refractivity contribution in [1.29, 1.82) is 0 Å². The van der Waals surface area contributed by atoms with Crippen LogP contribution in [0.4, 0.5) is 26.3 Å². The van der Waals surface area contributed by atoms with Gasteiger partial charge in [-0.3, -0.25) is 19.2 Å². The fraction of sp³-hybridized carbons (Fsp3) is 0.375. The summed E-state index contributed by atoms with van der Waals surface area (Å²) in [6.45, 7) is 2.80. The first-order valence-electron chi connectivity index (χ1n) is 14.4. The van der Waals surface area contributed by atoms with Crippen LogP contribution < -0.4 is 11.5 Å². The molecule has 0 bridgehead atoms. The molecule has 0 amide bonds. The number of benzene rings is 2. The first kappa shape index (κ1) is 38.8. The second-order valence-corrected chi connectivity index (χ2v) is 13.0. The molecule has 48 heavy (non-hydrogen) atoms.